The lowest BCUT2D eigenvalue weighted by Gasteiger charge is -2.15. The molecule has 2 nitrogen and oxygen atoms in total. The van der Waals surface area contributed by atoms with Crippen molar-refractivity contribution in [3.63, 3.8) is 0 Å². The minimum atomic E-state index is -0.372. The number of hydrogen-bond acceptors (Lipinski definition) is 4. The summed E-state index contributed by atoms with van der Waals surface area (Å²) >= 11 is 3.53. The summed E-state index contributed by atoms with van der Waals surface area (Å²) in [5, 5.41) is 11.2. The number of benzene rings is 2. The summed E-state index contributed by atoms with van der Waals surface area (Å²) in [4.78, 5) is 1.30. The van der Waals surface area contributed by atoms with E-state index in [1.165, 1.54) is 36.2 Å². The van der Waals surface area contributed by atoms with Crippen LogP contribution in [-0.2, 0) is 19.3 Å². The Balaban J connectivity index is 1.32. The molecule has 170 valence electrons. The first-order valence-electron chi connectivity index (χ1n) is 11.2. The van der Waals surface area contributed by atoms with Crippen molar-refractivity contribution < 1.29 is 8.78 Å². The van der Waals surface area contributed by atoms with Gasteiger partial charge in [0.25, 0.3) is 0 Å². The van der Waals surface area contributed by atoms with Crippen molar-refractivity contribution in [1.29, 1.82) is 0 Å². The van der Waals surface area contributed by atoms with Crippen molar-refractivity contribution >= 4 is 42.8 Å². The van der Waals surface area contributed by atoms with Crippen molar-refractivity contribution in [2.24, 2.45) is 0 Å². The van der Waals surface area contributed by atoms with Crippen LogP contribution in [0.4, 0.5) is 8.78 Å². The molecule has 0 bridgehead atoms. The number of hydrogen-bond donors (Lipinski definition) is 2. The van der Waals surface area contributed by atoms with Crippen molar-refractivity contribution in [2.45, 2.75) is 37.8 Å². The molecule has 4 aromatic rings. The summed E-state index contributed by atoms with van der Waals surface area (Å²) in [6.07, 6.45) is 2.95. The number of halogens is 2. The number of thiophene rings is 2. The highest BCUT2D eigenvalue weighted by atomic mass is 32.1. The van der Waals surface area contributed by atoms with E-state index in [2.05, 4.69) is 64.5 Å². The molecule has 0 fully saturated rings. The zero-order valence-electron chi connectivity index (χ0n) is 18.4. The second-order valence-electron chi connectivity index (χ2n) is 8.30. The number of alkyl halides is 2. The average Bonchev–Trinajstić information content (AvgIpc) is 3.43. The van der Waals surface area contributed by atoms with E-state index in [1.54, 1.807) is 22.7 Å². The van der Waals surface area contributed by atoms with Crippen molar-refractivity contribution in [1.82, 2.24) is 10.6 Å². The Hall–Kier alpha value is -1.86. The van der Waals surface area contributed by atoms with Crippen LogP contribution in [0.15, 0.2) is 53.9 Å². The summed E-state index contributed by atoms with van der Waals surface area (Å²) in [6, 6.07) is 17.3. The molecule has 0 radical (unpaired) electrons. The van der Waals surface area contributed by atoms with E-state index in [0.29, 0.717) is 12.8 Å². The monoisotopic (exact) mass is 472 g/mol. The molecule has 2 aromatic carbocycles. The van der Waals surface area contributed by atoms with Gasteiger partial charge in [-0.15, -0.1) is 22.7 Å². The number of likely N-dealkylation sites (N-methyl/N-ethyl adjacent to an activating group) is 1. The molecule has 0 saturated carbocycles. The smallest absolute Gasteiger partial charge is 0.105 e. The maximum absolute atomic E-state index is 13.6. The molecular formula is C26H30F2N2S2. The van der Waals surface area contributed by atoms with Gasteiger partial charge in [0, 0.05) is 32.9 Å². The Morgan fingerprint density at radius 3 is 2.38 bits per heavy atom. The van der Waals surface area contributed by atoms with E-state index in [-0.39, 0.29) is 25.4 Å². The summed E-state index contributed by atoms with van der Waals surface area (Å²) in [7, 11) is 1.89. The first kappa shape index (κ1) is 23.3. The van der Waals surface area contributed by atoms with Gasteiger partial charge in [0.05, 0.1) is 6.67 Å². The van der Waals surface area contributed by atoms with Gasteiger partial charge in [-0.25, -0.2) is 4.39 Å². The van der Waals surface area contributed by atoms with E-state index >= 15 is 0 Å². The molecule has 2 atom stereocenters. The highest BCUT2D eigenvalue weighted by Gasteiger charge is 2.11. The van der Waals surface area contributed by atoms with Gasteiger partial charge in [-0.3, -0.25) is 4.39 Å². The van der Waals surface area contributed by atoms with Crippen LogP contribution in [0.3, 0.4) is 0 Å². The van der Waals surface area contributed by atoms with Crippen molar-refractivity contribution in [3.8, 4) is 0 Å². The zero-order valence-corrected chi connectivity index (χ0v) is 20.0. The molecule has 0 aliphatic carbocycles. The third kappa shape index (κ3) is 5.93. The van der Waals surface area contributed by atoms with Crippen LogP contribution in [0.5, 0.6) is 0 Å². The van der Waals surface area contributed by atoms with E-state index < -0.39 is 0 Å². The van der Waals surface area contributed by atoms with E-state index in [1.807, 2.05) is 7.05 Å². The van der Waals surface area contributed by atoms with Crippen LogP contribution in [-0.4, -0.2) is 39.0 Å². The molecule has 6 heteroatoms. The maximum Gasteiger partial charge on any atom is 0.105 e. The molecular weight excluding hydrogens is 442 g/mol. The van der Waals surface area contributed by atoms with Crippen molar-refractivity contribution in [2.75, 3.05) is 26.9 Å². The average molecular weight is 473 g/mol. The Bertz CT molecular complexity index is 1140. The van der Waals surface area contributed by atoms with Gasteiger partial charge in [-0.05, 0) is 84.3 Å². The number of rotatable bonds is 12. The van der Waals surface area contributed by atoms with Crippen molar-refractivity contribution in [3.05, 3.63) is 69.9 Å². The van der Waals surface area contributed by atoms with Crippen LogP contribution in [0.2, 0.25) is 0 Å². The lowest BCUT2D eigenvalue weighted by Crippen LogP contribution is -2.34. The quantitative estimate of drug-likeness (QED) is 0.252. The van der Waals surface area contributed by atoms with Gasteiger partial charge in [0.15, 0.2) is 0 Å². The minimum absolute atomic E-state index is 0.165. The largest absolute Gasteiger partial charge is 0.317 e. The first-order chi connectivity index (χ1) is 15.7. The van der Waals surface area contributed by atoms with Crippen LogP contribution in [0.25, 0.3) is 20.2 Å². The normalized spacial score (nSPS) is 13.7. The Labute approximate surface area is 196 Å². The summed E-state index contributed by atoms with van der Waals surface area (Å²) in [5.74, 6) is 0. The molecule has 4 rings (SSSR count). The fourth-order valence-electron chi connectivity index (χ4n) is 4.17. The van der Waals surface area contributed by atoms with Crippen LogP contribution in [0, 0.1) is 0 Å². The van der Waals surface area contributed by atoms with Gasteiger partial charge in [0.2, 0.25) is 0 Å². The molecule has 2 heterocycles. The topological polar surface area (TPSA) is 24.1 Å². The van der Waals surface area contributed by atoms with Gasteiger partial charge in [-0.2, -0.15) is 0 Å². The predicted molar refractivity (Wildman–Crippen MR) is 136 cm³/mol. The second-order valence-corrected chi connectivity index (χ2v) is 10.4. The third-order valence-corrected chi connectivity index (χ3v) is 8.04. The molecule has 0 aliphatic heterocycles. The molecule has 0 amide bonds. The maximum atomic E-state index is 13.6. The second kappa shape index (κ2) is 11.3. The third-order valence-electron chi connectivity index (χ3n) is 5.97. The van der Waals surface area contributed by atoms with E-state index in [9.17, 15) is 8.78 Å². The number of fused-ring (bicyclic) bond motifs is 2. The van der Waals surface area contributed by atoms with Gasteiger partial charge in [0.1, 0.15) is 6.67 Å². The summed E-state index contributed by atoms with van der Waals surface area (Å²) in [6.45, 7) is 0.0854. The van der Waals surface area contributed by atoms with Crippen LogP contribution in [0.1, 0.15) is 22.4 Å². The van der Waals surface area contributed by atoms with E-state index in [4.69, 9.17) is 0 Å². The van der Waals surface area contributed by atoms with Gasteiger partial charge in [-0.1, -0.05) is 24.3 Å². The fraction of sp³-hybridized carbons (Fsp3) is 0.385. The van der Waals surface area contributed by atoms with Gasteiger partial charge < -0.3 is 10.6 Å². The molecule has 0 spiro atoms. The van der Waals surface area contributed by atoms with E-state index in [0.717, 1.165) is 19.4 Å². The molecule has 32 heavy (non-hydrogen) atoms. The SMILES string of the molecule is CNC(CCF)Cc1ccc2sc(CCNC(CF)Cc3ccc4sccc4c3)cc2c1. The summed E-state index contributed by atoms with van der Waals surface area (Å²) in [5.41, 5.74) is 2.40. The summed E-state index contributed by atoms with van der Waals surface area (Å²) < 4.78 is 28.9. The highest BCUT2D eigenvalue weighted by molar-refractivity contribution is 7.19. The van der Waals surface area contributed by atoms with Crippen LogP contribution >= 0.6 is 22.7 Å². The molecule has 0 saturated heterocycles. The molecule has 0 aliphatic rings. The Morgan fingerprint density at radius 2 is 1.62 bits per heavy atom. The minimum Gasteiger partial charge on any atom is -0.317 e. The Kier molecular flexibility index (Phi) is 8.25. The van der Waals surface area contributed by atoms with Gasteiger partial charge >= 0.3 is 0 Å². The first-order valence-corrected chi connectivity index (χ1v) is 12.9. The lowest BCUT2D eigenvalue weighted by atomic mass is 10.0. The predicted octanol–water partition coefficient (Wildman–Crippen LogP) is 6.32. The molecule has 2 unspecified atom stereocenters. The standard InChI is InChI=1S/C26H30F2N2S2/c1-29-22(6-9-27)14-19-3-5-26-21(13-19)16-24(32-26)7-10-30-23(17-28)15-18-2-4-25-20(12-18)8-11-31-25/h2-5,8,11-13,16,22-23,29-30H,6-7,9-10,14-15,17H2,1H3. The molecule has 2 aromatic heterocycles. The zero-order chi connectivity index (χ0) is 22.3. The lowest BCUT2D eigenvalue weighted by molar-refractivity contribution is 0.374. The Morgan fingerprint density at radius 1 is 0.875 bits per heavy atom. The molecule has 2 N–H and O–H groups in total. The fourth-order valence-corrected chi connectivity index (χ4v) is 5.99. The van der Waals surface area contributed by atoms with Crippen LogP contribution < -0.4 is 10.6 Å². The highest BCUT2D eigenvalue weighted by Crippen LogP contribution is 2.27. The number of nitrogens with one attached hydrogen (secondary N) is 2.